The summed E-state index contributed by atoms with van der Waals surface area (Å²) in [4.78, 5) is 22.5. The Bertz CT molecular complexity index is 526. The average molecular weight is 384 g/mol. The molecule has 7 N–H and O–H groups in total. The standard InChI is InChI=1S/C13H20O13/c1-23-6-3(15)5(17)13(26-8(6)10(18)19)25-7-2(14)4(16)12(22)24-9(7)11(20)21/h2-9,12-17,22H,1H3,(H,18,19)(H,20,21)/t2?,3?,4-,5-,6+,7-,8?,9?,12+,13+/m0/s1. The van der Waals surface area contributed by atoms with Crippen LogP contribution in [0.2, 0.25) is 0 Å². The van der Waals surface area contributed by atoms with E-state index in [0.717, 1.165) is 7.11 Å². The molecule has 0 saturated carbocycles. The number of aliphatic hydroxyl groups excluding tert-OH is 5. The lowest BCUT2D eigenvalue weighted by Crippen LogP contribution is -2.65. The van der Waals surface area contributed by atoms with Crippen LogP contribution in [0.4, 0.5) is 0 Å². The molecule has 0 aliphatic carbocycles. The van der Waals surface area contributed by atoms with E-state index < -0.39 is 73.4 Å². The molecule has 0 radical (unpaired) electrons. The van der Waals surface area contributed by atoms with Crippen LogP contribution in [-0.4, -0.2) is 116 Å². The van der Waals surface area contributed by atoms with Crippen molar-refractivity contribution < 1.29 is 64.3 Å². The lowest BCUT2D eigenvalue weighted by atomic mass is 9.96. The molecule has 2 aliphatic rings. The quantitative estimate of drug-likeness (QED) is 0.238. The monoisotopic (exact) mass is 384 g/mol. The Labute approximate surface area is 145 Å². The van der Waals surface area contributed by atoms with Gasteiger partial charge in [0.25, 0.3) is 0 Å². The molecule has 10 atom stereocenters. The van der Waals surface area contributed by atoms with Gasteiger partial charge in [-0.05, 0) is 0 Å². The van der Waals surface area contributed by atoms with Gasteiger partial charge in [-0.15, -0.1) is 0 Å². The molecule has 0 aromatic carbocycles. The maximum Gasteiger partial charge on any atom is 0.335 e. The summed E-state index contributed by atoms with van der Waals surface area (Å²) in [6.45, 7) is 0. The smallest absolute Gasteiger partial charge is 0.335 e. The predicted molar refractivity (Wildman–Crippen MR) is 74.5 cm³/mol. The number of aliphatic hydroxyl groups is 5. The Balaban J connectivity index is 2.23. The van der Waals surface area contributed by atoms with Crippen LogP contribution in [-0.2, 0) is 28.5 Å². The third-order valence-corrected chi connectivity index (χ3v) is 4.16. The number of aliphatic carboxylic acids is 2. The van der Waals surface area contributed by atoms with Gasteiger partial charge in [-0.25, -0.2) is 9.59 Å². The number of carboxylic acids is 2. The van der Waals surface area contributed by atoms with Crippen molar-refractivity contribution in [2.75, 3.05) is 7.11 Å². The van der Waals surface area contributed by atoms with E-state index in [2.05, 4.69) is 4.74 Å². The molecule has 2 heterocycles. The fourth-order valence-electron chi connectivity index (χ4n) is 2.77. The van der Waals surface area contributed by atoms with E-state index in [9.17, 15) is 35.1 Å². The minimum Gasteiger partial charge on any atom is -0.479 e. The van der Waals surface area contributed by atoms with Gasteiger partial charge in [-0.3, -0.25) is 0 Å². The van der Waals surface area contributed by atoms with Crippen LogP contribution in [0.25, 0.3) is 0 Å². The summed E-state index contributed by atoms with van der Waals surface area (Å²) in [5, 5.41) is 67.3. The van der Waals surface area contributed by atoms with Crippen molar-refractivity contribution in [1.82, 2.24) is 0 Å². The van der Waals surface area contributed by atoms with E-state index in [-0.39, 0.29) is 0 Å². The molecular weight excluding hydrogens is 364 g/mol. The highest BCUT2D eigenvalue weighted by molar-refractivity contribution is 5.74. The summed E-state index contributed by atoms with van der Waals surface area (Å²) in [5.41, 5.74) is 0. The van der Waals surface area contributed by atoms with Crippen molar-refractivity contribution in [2.45, 2.75) is 61.4 Å². The van der Waals surface area contributed by atoms with Crippen molar-refractivity contribution in [3.05, 3.63) is 0 Å². The number of carbonyl (C=O) groups is 2. The summed E-state index contributed by atoms with van der Waals surface area (Å²) in [6.07, 6.45) is -18.5. The second kappa shape index (κ2) is 8.08. The number of methoxy groups -OCH3 is 1. The third-order valence-electron chi connectivity index (χ3n) is 4.16. The second-order valence-electron chi connectivity index (χ2n) is 5.81. The zero-order valence-corrected chi connectivity index (χ0v) is 13.4. The molecule has 0 amide bonds. The Morgan fingerprint density at radius 1 is 0.769 bits per heavy atom. The molecule has 4 unspecified atom stereocenters. The summed E-state index contributed by atoms with van der Waals surface area (Å²) >= 11 is 0. The zero-order chi connectivity index (χ0) is 19.8. The molecule has 2 aliphatic heterocycles. The van der Waals surface area contributed by atoms with E-state index in [1.165, 1.54) is 0 Å². The molecule has 150 valence electrons. The van der Waals surface area contributed by atoms with Gasteiger partial charge in [-0.1, -0.05) is 0 Å². The SMILES string of the molecule is CO[C@H]1C(C(=O)O)O[C@@H](O[C@@H]2C(C(=O)O)O[C@@H](O)[C@@H](O)C2O)[C@@H](O)C1O. The first kappa shape index (κ1) is 20.9. The summed E-state index contributed by atoms with van der Waals surface area (Å²) in [5.74, 6) is -3.22. The molecule has 0 aromatic heterocycles. The first-order valence-electron chi connectivity index (χ1n) is 7.45. The maximum atomic E-state index is 11.3. The highest BCUT2D eigenvalue weighted by Crippen LogP contribution is 2.29. The van der Waals surface area contributed by atoms with Gasteiger partial charge in [0.2, 0.25) is 0 Å². The number of hydrogen-bond acceptors (Lipinski definition) is 11. The summed E-state index contributed by atoms with van der Waals surface area (Å²) in [6, 6.07) is 0. The van der Waals surface area contributed by atoms with E-state index >= 15 is 0 Å². The molecule has 26 heavy (non-hydrogen) atoms. The highest BCUT2D eigenvalue weighted by Gasteiger charge is 2.53. The molecule has 0 spiro atoms. The van der Waals surface area contributed by atoms with E-state index in [1.54, 1.807) is 0 Å². The summed E-state index contributed by atoms with van der Waals surface area (Å²) < 4.78 is 19.6. The Morgan fingerprint density at radius 3 is 1.77 bits per heavy atom. The van der Waals surface area contributed by atoms with Gasteiger partial charge in [0, 0.05) is 7.11 Å². The Hall–Kier alpha value is -1.42. The normalized spacial score (nSPS) is 46.7. The van der Waals surface area contributed by atoms with Gasteiger partial charge in [0.15, 0.2) is 24.8 Å². The molecule has 0 aromatic rings. The molecule has 2 saturated heterocycles. The fraction of sp³-hybridized carbons (Fsp3) is 0.846. The van der Waals surface area contributed by atoms with Gasteiger partial charge in [0.05, 0.1) is 0 Å². The molecule has 2 rings (SSSR count). The number of carboxylic acid groups (broad SMARTS) is 2. The van der Waals surface area contributed by atoms with Crippen LogP contribution in [0, 0.1) is 0 Å². The van der Waals surface area contributed by atoms with Crippen LogP contribution < -0.4 is 0 Å². The predicted octanol–water partition coefficient (Wildman–Crippen LogP) is -4.56. The average Bonchev–Trinajstić information content (AvgIpc) is 2.58. The van der Waals surface area contributed by atoms with Crippen molar-refractivity contribution >= 4 is 11.9 Å². The van der Waals surface area contributed by atoms with Gasteiger partial charge >= 0.3 is 11.9 Å². The minimum absolute atomic E-state index is 1.08. The number of rotatable bonds is 5. The van der Waals surface area contributed by atoms with Crippen LogP contribution in [0.5, 0.6) is 0 Å². The molecule has 0 bridgehead atoms. The third kappa shape index (κ3) is 3.80. The van der Waals surface area contributed by atoms with Crippen molar-refractivity contribution in [3.63, 3.8) is 0 Å². The summed E-state index contributed by atoms with van der Waals surface area (Å²) in [7, 11) is 1.08. The Kier molecular flexibility index (Phi) is 6.49. The van der Waals surface area contributed by atoms with Crippen LogP contribution in [0.3, 0.4) is 0 Å². The Morgan fingerprint density at radius 2 is 1.27 bits per heavy atom. The minimum atomic E-state index is -2.02. The van der Waals surface area contributed by atoms with Crippen LogP contribution >= 0.6 is 0 Å². The molecule has 2 fully saturated rings. The fourth-order valence-corrected chi connectivity index (χ4v) is 2.77. The lowest BCUT2D eigenvalue weighted by molar-refractivity contribution is -0.347. The first-order chi connectivity index (χ1) is 12.1. The van der Waals surface area contributed by atoms with Crippen LogP contribution in [0.1, 0.15) is 0 Å². The van der Waals surface area contributed by atoms with E-state index in [4.69, 9.17) is 24.4 Å². The zero-order valence-electron chi connectivity index (χ0n) is 13.4. The maximum absolute atomic E-state index is 11.3. The van der Waals surface area contributed by atoms with Gasteiger partial charge in [-0.2, -0.15) is 0 Å². The van der Waals surface area contributed by atoms with Crippen molar-refractivity contribution in [1.29, 1.82) is 0 Å². The number of hydrogen-bond donors (Lipinski definition) is 7. The number of ether oxygens (including phenoxy) is 4. The van der Waals surface area contributed by atoms with E-state index in [0.29, 0.717) is 0 Å². The topological polar surface area (TPSA) is 213 Å². The highest BCUT2D eigenvalue weighted by atomic mass is 16.7. The van der Waals surface area contributed by atoms with Gasteiger partial charge < -0.3 is 54.7 Å². The first-order valence-corrected chi connectivity index (χ1v) is 7.45. The van der Waals surface area contributed by atoms with Crippen molar-refractivity contribution in [2.24, 2.45) is 0 Å². The van der Waals surface area contributed by atoms with Crippen LogP contribution in [0.15, 0.2) is 0 Å². The second-order valence-corrected chi connectivity index (χ2v) is 5.81. The molecule has 13 heteroatoms. The van der Waals surface area contributed by atoms with E-state index in [1.807, 2.05) is 0 Å². The lowest BCUT2D eigenvalue weighted by Gasteiger charge is -2.44. The van der Waals surface area contributed by atoms with Crippen molar-refractivity contribution in [3.8, 4) is 0 Å². The van der Waals surface area contributed by atoms with Gasteiger partial charge in [0.1, 0.15) is 36.6 Å². The molecule has 13 nitrogen and oxygen atoms in total. The molecular formula is C13H20O13. The largest absolute Gasteiger partial charge is 0.479 e.